The molecule has 2 unspecified atom stereocenters. The largest absolute Gasteiger partial charge is 0.337 e. The molecule has 1 aromatic carbocycles. The van der Waals surface area contributed by atoms with Gasteiger partial charge >= 0.3 is 0 Å². The van der Waals surface area contributed by atoms with Crippen molar-refractivity contribution in [1.29, 1.82) is 0 Å². The van der Waals surface area contributed by atoms with Crippen molar-refractivity contribution in [2.75, 3.05) is 39.3 Å². The maximum atomic E-state index is 12.8. The molecule has 2 atom stereocenters. The minimum absolute atomic E-state index is 0.0620. The highest BCUT2D eigenvalue weighted by Gasteiger charge is 2.30. The number of benzene rings is 1. The summed E-state index contributed by atoms with van der Waals surface area (Å²) in [6.07, 6.45) is 3.35. The third-order valence-electron chi connectivity index (χ3n) is 5.55. The van der Waals surface area contributed by atoms with Gasteiger partial charge in [0.2, 0.25) is 5.91 Å². The lowest BCUT2D eigenvalue weighted by molar-refractivity contribution is -0.137. The summed E-state index contributed by atoms with van der Waals surface area (Å²) in [6.45, 7) is 8.43. The normalized spacial score (nSPS) is 24.2. The van der Waals surface area contributed by atoms with Crippen molar-refractivity contribution in [2.45, 2.75) is 44.8 Å². The van der Waals surface area contributed by atoms with Crippen molar-refractivity contribution in [3.63, 3.8) is 0 Å². The molecule has 25 heavy (non-hydrogen) atoms. The molecule has 0 saturated carbocycles. The highest BCUT2D eigenvalue weighted by molar-refractivity contribution is 5.78. The molecule has 0 aliphatic carbocycles. The van der Waals surface area contributed by atoms with Crippen LogP contribution >= 0.6 is 0 Å². The first kappa shape index (κ1) is 18.4. The molecule has 0 bridgehead atoms. The number of carbonyl (C=O) groups is 1. The Kier molecular flexibility index (Phi) is 6.45. The number of amides is 1. The molecule has 2 heterocycles. The van der Waals surface area contributed by atoms with Gasteiger partial charge in [-0.05, 0) is 31.7 Å². The zero-order valence-corrected chi connectivity index (χ0v) is 15.4. The molecule has 138 valence electrons. The van der Waals surface area contributed by atoms with Gasteiger partial charge in [-0.15, -0.1) is 0 Å². The second-order valence-electron chi connectivity index (χ2n) is 7.55. The molecule has 2 N–H and O–H groups in total. The van der Waals surface area contributed by atoms with E-state index in [0.29, 0.717) is 6.54 Å². The topological polar surface area (TPSA) is 52.8 Å². The monoisotopic (exact) mass is 344 g/mol. The van der Waals surface area contributed by atoms with Gasteiger partial charge in [0.15, 0.2) is 0 Å². The van der Waals surface area contributed by atoms with Crippen LogP contribution in [0.1, 0.15) is 31.7 Å². The van der Waals surface area contributed by atoms with E-state index in [-0.39, 0.29) is 18.0 Å². The van der Waals surface area contributed by atoms with Gasteiger partial charge in [0.05, 0.1) is 6.54 Å². The molecule has 0 spiro atoms. The van der Waals surface area contributed by atoms with Crippen molar-refractivity contribution >= 4 is 5.91 Å². The van der Waals surface area contributed by atoms with E-state index in [1.807, 2.05) is 11.8 Å². The molecule has 1 aromatic rings. The highest BCUT2D eigenvalue weighted by Crippen LogP contribution is 2.19. The number of hydrogen-bond donors (Lipinski definition) is 1. The lowest BCUT2D eigenvalue weighted by atomic mass is 9.97. The van der Waals surface area contributed by atoms with Crippen LogP contribution < -0.4 is 5.73 Å². The van der Waals surface area contributed by atoms with Crippen LogP contribution in [0, 0.1) is 0 Å². The molecule has 5 nitrogen and oxygen atoms in total. The fraction of sp³-hybridized carbons (Fsp3) is 0.650. The average Bonchev–Trinajstić information content (AvgIpc) is 2.64. The molecular formula is C20H32N4O. The second-order valence-corrected chi connectivity index (χ2v) is 7.55. The van der Waals surface area contributed by atoms with Gasteiger partial charge < -0.3 is 10.6 Å². The minimum atomic E-state index is 0.0620. The van der Waals surface area contributed by atoms with Crippen LogP contribution in [0.5, 0.6) is 0 Å². The Bertz CT molecular complexity index is 540. The molecule has 2 aliphatic heterocycles. The van der Waals surface area contributed by atoms with Gasteiger partial charge in [0.25, 0.3) is 0 Å². The Balaban J connectivity index is 1.46. The Morgan fingerprint density at radius 1 is 1.08 bits per heavy atom. The molecule has 2 aliphatic rings. The van der Waals surface area contributed by atoms with Crippen LogP contribution in [0.25, 0.3) is 0 Å². The van der Waals surface area contributed by atoms with E-state index < -0.39 is 0 Å². The quantitative estimate of drug-likeness (QED) is 0.880. The fourth-order valence-electron chi connectivity index (χ4n) is 4.04. The van der Waals surface area contributed by atoms with Gasteiger partial charge in [0, 0.05) is 51.4 Å². The number of piperazine rings is 1. The molecule has 3 rings (SSSR count). The highest BCUT2D eigenvalue weighted by atomic mass is 16.2. The van der Waals surface area contributed by atoms with E-state index in [0.717, 1.165) is 52.1 Å². The van der Waals surface area contributed by atoms with Crippen LogP contribution in [0.4, 0.5) is 0 Å². The lowest BCUT2D eigenvalue weighted by Crippen LogP contribution is -2.55. The van der Waals surface area contributed by atoms with Gasteiger partial charge in [-0.1, -0.05) is 30.3 Å². The third kappa shape index (κ3) is 5.03. The van der Waals surface area contributed by atoms with Crippen molar-refractivity contribution in [2.24, 2.45) is 5.73 Å². The second kappa shape index (κ2) is 8.79. The number of nitrogens with zero attached hydrogens (tertiary/aromatic N) is 3. The maximum absolute atomic E-state index is 12.8. The summed E-state index contributed by atoms with van der Waals surface area (Å²) < 4.78 is 0. The Morgan fingerprint density at radius 3 is 2.44 bits per heavy atom. The van der Waals surface area contributed by atoms with Crippen molar-refractivity contribution in [3.8, 4) is 0 Å². The standard InChI is InChI=1S/C20H32N4O/c1-17(21)19-9-5-6-10-24(19)20(25)16-23-13-11-22(12-14-23)15-18-7-3-2-4-8-18/h2-4,7-8,17,19H,5-6,9-16,21H2,1H3. The minimum Gasteiger partial charge on any atom is -0.337 e. The Labute approximate surface area is 151 Å². The number of rotatable bonds is 5. The van der Waals surface area contributed by atoms with E-state index in [9.17, 15) is 4.79 Å². The first-order valence-corrected chi connectivity index (χ1v) is 9.67. The summed E-state index contributed by atoms with van der Waals surface area (Å²) in [7, 11) is 0. The average molecular weight is 345 g/mol. The fourth-order valence-corrected chi connectivity index (χ4v) is 4.04. The number of piperidine rings is 1. The van der Waals surface area contributed by atoms with E-state index in [2.05, 4.69) is 40.1 Å². The smallest absolute Gasteiger partial charge is 0.237 e. The molecule has 2 saturated heterocycles. The van der Waals surface area contributed by atoms with Crippen LogP contribution in [-0.2, 0) is 11.3 Å². The van der Waals surface area contributed by atoms with E-state index in [4.69, 9.17) is 5.73 Å². The van der Waals surface area contributed by atoms with E-state index in [1.165, 1.54) is 12.0 Å². The van der Waals surface area contributed by atoms with Crippen molar-refractivity contribution < 1.29 is 4.79 Å². The SMILES string of the molecule is CC(N)C1CCCCN1C(=O)CN1CCN(Cc2ccccc2)CC1. The first-order chi connectivity index (χ1) is 12.1. The number of hydrogen-bond acceptors (Lipinski definition) is 4. The molecule has 1 amide bonds. The van der Waals surface area contributed by atoms with E-state index >= 15 is 0 Å². The van der Waals surface area contributed by atoms with E-state index in [1.54, 1.807) is 0 Å². The summed E-state index contributed by atoms with van der Waals surface area (Å²) in [6, 6.07) is 10.9. The third-order valence-corrected chi connectivity index (χ3v) is 5.55. The summed E-state index contributed by atoms with van der Waals surface area (Å²) in [4.78, 5) is 19.6. The van der Waals surface area contributed by atoms with Crippen LogP contribution in [0.3, 0.4) is 0 Å². The van der Waals surface area contributed by atoms with Crippen LogP contribution in [-0.4, -0.2) is 72.0 Å². The summed E-state index contributed by atoms with van der Waals surface area (Å²) in [5.41, 5.74) is 7.47. The van der Waals surface area contributed by atoms with Gasteiger partial charge in [0.1, 0.15) is 0 Å². The van der Waals surface area contributed by atoms with Gasteiger partial charge in [-0.2, -0.15) is 0 Å². The number of likely N-dealkylation sites (tertiary alicyclic amines) is 1. The maximum Gasteiger partial charge on any atom is 0.237 e. The summed E-state index contributed by atoms with van der Waals surface area (Å²) >= 11 is 0. The number of nitrogens with two attached hydrogens (primary N) is 1. The summed E-state index contributed by atoms with van der Waals surface area (Å²) in [5, 5.41) is 0. The molecule has 5 heteroatoms. The zero-order valence-electron chi connectivity index (χ0n) is 15.4. The first-order valence-electron chi connectivity index (χ1n) is 9.67. The predicted octanol–water partition coefficient (Wildman–Crippen LogP) is 1.53. The van der Waals surface area contributed by atoms with Crippen LogP contribution in [0.15, 0.2) is 30.3 Å². The number of carbonyl (C=O) groups excluding carboxylic acids is 1. The Hall–Kier alpha value is -1.43. The molecular weight excluding hydrogens is 312 g/mol. The van der Waals surface area contributed by atoms with Gasteiger partial charge in [-0.3, -0.25) is 14.6 Å². The molecule has 2 fully saturated rings. The lowest BCUT2D eigenvalue weighted by Gasteiger charge is -2.40. The predicted molar refractivity (Wildman–Crippen MR) is 101 cm³/mol. The molecule has 0 radical (unpaired) electrons. The van der Waals surface area contributed by atoms with Crippen molar-refractivity contribution in [1.82, 2.24) is 14.7 Å². The molecule has 0 aromatic heterocycles. The van der Waals surface area contributed by atoms with Crippen LogP contribution in [0.2, 0.25) is 0 Å². The van der Waals surface area contributed by atoms with Gasteiger partial charge in [-0.25, -0.2) is 0 Å². The Morgan fingerprint density at radius 2 is 1.76 bits per heavy atom. The zero-order chi connectivity index (χ0) is 17.6. The van der Waals surface area contributed by atoms with Crippen molar-refractivity contribution in [3.05, 3.63) is 35.9 Å². The summed E-state index contributed by atoms with van der Waals surface area (Å²) in [5.74, 6) is 0.263.